The maximum Gasteiger partial charge on any atom is 0.248 e. The monoisotopic (exact) mass is 424 g/mol. The second kappa shape index (κ2) is 9.81. The minimum absolute atomic E-state index is 0.0467. The van der Waals surface area contributed by atoms with Gasteiger partial charge in [-0.3, -0.25) is 9.69 Å². The number of fused-ring (bicyclic) bond motifs is 1. The zero-order chi connectivity index (χ0) is 21.8. The number of aliphatic hydroxyl groups excluding tert-OH is 1. The second-order valence-electron chi connectivity index (χ2n) is 8.41. The van der Waals surface area contributed by atoms with Gasteiger partial charge < -0.3 is 19.5 Å². The Morgan fingerprint density at radius 2 is 1.65 bits per heavy atom. The van der Waals surface area contributed by atoms with E-state index in [-0.39, 0.29) is 37.1 Å². The molecule has 2 heterocycles. The van der Waals surface area contributed by atoms with Gasteiger partial charge in [0, 0.05) is 38.2 Å². The first kappa shape index (κ1) is 21.8. The van der Waals surface area contributed by atoms with Crippen LogP contribution >= 0.6 is 0 Å². The van der Waals surface area contributed by atoms with Crippen molar-refractivity contribution in [1.82, 2.24) is 9.80 Å². The van der Waals surface area contributed by atoms with Gasteiger partial charge in [0.05, 0.1) is 13.7 Å². The lowest BCUT2D eigenvalue weighted by molar-refractivity contribution is -0.140. The quantitative estimate of drug-likeness (QED) is 0.773. The molecular formula is C25H32N2O4. The summed E-state index contributed by atoms with van der Waals surface area (Å²) < 4.78 is 10.3. The van der Waals surface area contributed by atoms with Crippen LogP contribution in [0.3, 0.4) is 0 Å². The Morgan fingerprint density at radius 3 is 2.26 bits per heavy atom. The molecule has 166 valence electrons. The lowest BCUT2D eigenvalue weighted by Crippen LogP contribution is -2.68. The standard InChI is InChI=1S/C25H32N2O4/c1-30-17-24(29)26-13-3-4-14-27-22(15-26)25(23(27)16-28)20-7-5-18(6-8-20)19-9-11-21(31-2)12-10-19/h5-12,22-23,25,28H,3-4,13-17H2,1-2H3/t22-,23-,25-/m1/s1. The van der Waals surface area contributed by atoms with Crippen LogP contribution in [0.25, 0.3) is 11.1 Å². The molecule has 2 aliphatic rings. The van der Waals surface area contributed by atoms with Crippen molar-refractivity contribution in [2.24, 2.45) is 0 Å². The number of methoxy groups -OCH3 is 2. The van der Waals surface area contributed by atoms with E-state index < -0.39 is 0 Å². The molecule has 0 aliphatic carbocycles. The van der Waals surface area contributed by atoms with Crippen molar-refractivity contribution >= 4 is 5.91 Å². The van der Waals surface area contributed by atoms with Crippen LogP contribution in [0.15, 0.2) is 48.5 Å². The topological polar surface area (TPSA) is 62.2 Å². The summed E-state index contributed by atoms with van der Waals surface area (Å²) in [4.78, 5) is 16.8. The Bertz CT molecular complexity index is 868. The number of rotatable bonds is 6. The number of hydrogen-bond donors (Lipinski definition) is 1. The highest BCUT2D eigenvalue weighted by molar-refractivity contribution is 5.77. The third-order valence-electron chi connectivity index (χ3n) is 6.71. The van der Waals surface area contributed by atoms with E-state index in [1.54, 1.807) is 14.2 Å². The van der Waals surface area contributed by atoms with Crippen molar-refractivity contribution < 1.29 is 19.4 Å². The van der Waals surface area contributed by atoms with Crippen molar-refractivity contribution in [3.63, 3.8) is 0 Å². The molecule has 6 nitrogen and oxygen atoms in total. The number of nitrogens with zero attached hydrogens (tertiary/aromatic N) is 2. The van der Waals surface area contributed by atoms with Crippen molar-refractivity contribution in [2.75, 3.05) is 47.1 Å². The Morgan fingerprint density at radius 1 is 1.00 bits per heavy atom. The molecule has 3 atom stereocenters. The van der Waals surface area contributed by atoms with Crippen LogP contribution in [0.5, 0.6) is 5.75 Å². The third-order valence-corrected chi connectivity index (χ3v) is 6.71. The summed E-state index contributed by atoms with van der Waals surface area (Å²) >= 11 is 0. The number of ether oxygens (including phenoxy) is 2. The fourth-order valence-electron chi connectivity index (χ4n) is 5.06. The van der Waals surface area contributed by atoms with E-state index in [0.717, 1.165) is 42.8 Å². The van der Waals surface area contributed by atoms with E-state index in [9.17, 15) is 9.90 Å². The van der Waals surface area contributed by atoms with Crippen LogP contribution in [0.4, 0.5) is 0 Å². The zero-order valence-corrected chi connectivity index (χ0v) is 18.4. The summed E-state index contributed by atoms with van der Waals surface area (Å²) in [6.07, 6.45) is 2.02. The van der Waals surface area contributed by atoms with Crippen LogP contribution in [0, 0.1) is 0 Å². The average Bonchev–Trinajstić information content (AvgIpc) is 2.78. The van der Waals surface area contributed by atoms with Gasteiger partial charge in [0.15, 0.2) is 0 Å². The summed E-state index contributed by atoms with van der Waals surface area (Å²) in [5.41, 5.74) is 3.51. The maximum absolute atomic E-state index is 12.5. The molecule has 2 saturated heterocycles. The number of amides is 1. The minimum Gasteiger partial charge on any atom is -0.497 e. The van der Waals surface area contributed by atoms with E-state index in [4.69, 9.17) is 9.47 Å². The van der Waals surface area contributed by atoms with Gasteiger partial charge in [0.2, 0.25) is 5.91 Å². The predicted octanol–water partition coefficient (Wildman–Crippen LogP) is 2.76. The van der Waals surface area contributed by atoms with Crippen LogP contribution in [-0.2, 0) is 9.53 Å². The normalized spacial score (nSPS) is 24.0. The molecule has 4 rings (SSSR count). The molecule has 1 N–H and O–H groups in total. The molecule has 0 unspecified atom stereocenters. The van der Waals surface area contributed by atoms with E-state index in [1.165, 1.54) is 5.56 Å². The molecule has 0 aromatic heterocycles. The number of carbonyl (C=O) groups excluding carboxylic acids is 1. The third kappa shape index (κ3) is 4.47. The Kier molecular flexibility index (Phi) is 6.90. The number of benzene rings is 2. The van der Waals surface area contributed by atoms with Crippen LogP contribution in [-0.4, -0.2) is 80.0 Å². The highest BCUT2D eigenvalue weighted by Crippen LogP contribution is 2.42. The highest BCUT2D eigenvalue weighted by atomic mass is 16.5. The maximum atomic E-state index is 12.5. The first-order valence-corrected chi connectivity index (χ1v) is 11.0. The van der Waals surface area contributed by atoms with Crippen molar-refractivity contribution in [3.05, 3.63) is 54.1 Å². The first-order valence-electron chi connectivity index (χ1n) is 11.0. The lowest BCUT2D eigenvalue weighted by Gasteiger charge is -2.57. The Balaban J connectivity index is 1.54. The molecule has 2 aromatic carbocycles. The van der Waals surface area contributed by atoms with Crippen LogP contribution < -0.4 is 4.74 Å². The van der Waals surface area contributed by atoms with Crippen LogP contribution in [0.1, 0.15) is 24.3 Å². The molecule has 2 aliphatic heterocycles. The van der Waals surface area contributed by atoms with E-state index in [0.29, 0.717) is 6.54 Å². The van der Waals surface area contributed by atoms with E-state index in [2.05, 4.69) is 41.3 Å². The SMILES string of the molecule is COCC(=O)N1CCCCN2[C@H](CO)[C@H](c3ccc(-c4ccc(OC)cc4)cc3)[C@H]2C1. The van der Waals surface area contributed by atoms with E-state index >= 15 is 0 Å². The number of hydrogen-bond acceptors (Lipinski definition) is 5. The summed E-state index contributed by atoms with van der Waals surface area (Å²) in [6, 6.07) is 17.0. The average molecular weight is 425 g/mol. The van der Waals surface area contributed by atoms with Gasteiger partial charge in [-0.2, -0.15) is 0 Å². The fraction of sp³-hybridized carbons (Fsp3) is 0.480. The largest absolute Gasteiger partial charge is 0.497 e. The van der Waals surface area contributed by atoms with Crippen molar-refractivity contribution in [3.8, 4) is 16.9 Å². The van der Waals surface area contributed by atoms with Gasteiger partial charge in [-0.15, -0.1) is 0 Å². The van der Waals surface area contributed by atoms with Gasteiger partial charge in [0.25, 0.3) is 0 Å². The van der Waals surface area contributed by atoms with Gasteiger partial charge in [-0.25, -0.2) is 0 Å². The summed E-state index contributed by atoms with van der Waals surface area (Å²) in [5, 5.41) is 10.1. The molecule has 0 bridgehead atoms. The van der Waals surface area contributed by atoms with Gasteiger partial charge in [0.1, 0.15) is 12.4 Å². The molecule has 0 spiro atoms. The van der Waals surface area contributed by atoms with Crippen LogP contribution in [0.2, 0.25) is 0 Å². The number of carbonyl (C=O) groups is 1. The molecule has 0 radical (unpaired) electrons. The summed E-state index contributed by atoms with van der Waals surface area (Å²) in [6.45, 7) is 2.69. The van der Waals surface area contributed by atoms with Gasteiger partial charge in [-0.05, 0) is 48.2 Å². The smallest absolute Gasteiger partial charge is 0.248 e. The molecule has 31 heavy (non-hydrogen) atoms. The Hall–Kier alpha value is -2.41. The summed E-state index contributed by atoms with van der Waals surface area (Å²) in [7, 11) is 3.23. The fourth-order valence-corrected chi connectivity index (χ4v) is 5.06. The molecule has 1 amide bonds. The molecular weight excluding hydrogens is 392 g/mol. The molecule has 2 fully saturated rings. The van der Waals surface area contributed by atoms with Gasteiger partial charge in [-0.1, -0.05) is 36.4 Å². The predicted molar refractivity (Wildman–Crippen MR) is 120 cm³/mol. The summed E-state index contributed by atoms with van der Waals surface area (Å²) in [5.74, 6) is 1.11. The van der Waals surface area contributed by atoms with Crippen molar-refractivity contribution in [1.29, 1.82) is 0 Å². The highest BCUT2D eigenvalue weighted by Gasteiger charge is 2.49. The Labute approximate surface area is 184 Å². The van der Waals surface area contributed by atoms with E-state index in [1.807, 2.05) is 17.0 Å². The van der Waals surface area contributed by atoms with Gasteiger partial charge >= 0.3 is 0 Å². The zero-order valence-electron chi connectivity index (χ0n) is 18.4. The first-order chi connectivity index (χ1) is 15.2. The minimum atomic E-state index is 0.0467. The van der Waals surface area contributed by atoms with Crippen molar-refractivity contribution in [2.45, 2.75) is 30.8 Å². The number of aliphatic hydroxyl groups is 1. The molecule has 2 aromatic rings. The lowest BCUT2D eigenvalue weighted by atomic mass is 9.74. The molecule has 6 heteroatoms. The molecule has 0 saturated carbocycles. The second-order valence-corrected chi connectivity index (χ2v) is 8.41.